The molecule has 0 unspecified atom stereocenters. The fourth-order valence-corrected chi connectivity index (χ4v) is 8.57. The summed E-state index contributed by atoms with van der Waals surface area (Å²) in [5, 5.41) is 3.92. The topological polar surface area (TPSA) is 103 Å². The van der Waals surface area contributed by atoms with Gasteiger partial charge in [-0.15, -0.1) is 0 Å². The predicted octanol–water partition coefficient (Wildman–Crippen LogP) is 13.6. The van der Waals surface area contributed by atoms with E-state index in [0.29, 0.717) is 34.2 Å². The number of anilines is 6. The predicted molar refractivity (Wildman–Crippen MR) is 233 cm³/mol. The summed E-state index contributed by atoms with van der Waals surface area (Å²) in [6.45, 7) is 0. The van der Waals surface area contributed by atoms with Crippen LogP contribution in [0.3, 0.4) is 0 Å². The van der Waals surface area contributed by atoms with E-state index in [9.17, 15) is 0 Å². The highest BCUT2D eigenvalue weighted by molar-refractivity contribution is 6.19. The Morgan fingerprint density at radius 2 is 0.733 bits per heavy atom. The molecule has 2 aliphatic heterocycles. The van der Waals surface area contributed by atoms with Gasteiger partial charge in [-0.1, -0.05) is 60.7 Å². The molecule has 6 heterocycles. The Morgan fingerprint density at radius 1 is 0.350 bits per heavy atom. The number of ether oxygens (including phenoxy) is 2. The molecule has 0 bridgehead atoms. The molecule has 0 radical (unpaired) electrons. The van der Waals surface area contributed by atoms with Crippen molar-refractivity contribution in [1.29, 1.82) is 0 Å². The maximum absolute atomic E-state index is 6.48. The normalized spacial score (nSPS) is 12.9. The Kier molecular flexibility index (Phi) is 6.78. The molecule has 0 fully saturated rings. The van der Waals surface area contributed by atoms with E-state index in [1.54, 1.807) is 12.4 Å². The minimum Gasteiger partial charge on any atom is -0.453 e. The third-order valence-electron chi connectivity index (χ3n) is 11.2. The van der Waals surface area contributed by atoms with Crippen molar-refractivity contribution in [3.8, 4) is 45.9 Å². The van der Waals surface area contributed by atoms with Gasteiger partial charge in [0.05, 0.1) is 34.1 Å². The monoisotopic (exact) mass is 776 g/mol. The summed E-state index contributed by atoms with van der Waals surface area (Å²) >= 11 is 0. The van der Waals surface area contributed by atoms with Crippen LogP contribution in [-0.4, -0.2) is 19.9 Å². The molecular formula is C50H28N6O4. The van der Waals surface area contributed by atoms with Crippen LogP contribution in [0.15, 0.2) is 179 Å². The second kappa shape index (κ2) is 12.5. The van der Waals surface area contributed by atoms with Gasteiger partial charge in [-0.05, 0) is 108 Å². The zero-order valence-electron chi connectivity index (χ0n) is 31.5. The number of benzene rings is 7. The van der Waals surface area contributed by atoms with Gasteiger partial charge in [0.25, 0.3) is 0 Å². The number of pyridine rings is 2. The fraction of sp³-hybridized carbons (Fsp3) is 0. The molecule has 10 nitrogen and oxygen atoms in total. The first-order chi connectivity index (χ1) is 29.7. The zero-order chi connectivity index (χ0) is 39.3. The SMILES string of the molecule is c1ccc2c(c1)Oc1ccccc1N2c1cc(-c2nc3ncccc3o2)cc2c1ccc1c(N3c4ccccc4Oc4ccccc43)cc(-c3nc4ncccc4o3)cc12. The Labute approximate surface area is 341 Å². The second-order valence-corrected chi connectivity index (χ2v) is 14.7. The van der Waals surface area contributed by atoms with Crippen LogP contribution in [-0.2, 0) is 0 Å². The second-order valence-electron chi connectivity index (χ2n) is 14.7. The number of fused-ring (bicyclic) bond motifs is 9. The molecule has 0 atom stereocenters. The smallest absolute Gasteiger partial charge is 0.228 e. The number of aromatic nitrogens is 4. The molecule has 4 aromatic heterocycles. The molecule has 0 saturated heterocycles. The third kappa shape index (κ3) is 4.88. The molecule has 0 amide bonds. The van der Waals surface area contributed by atoms with Gasteiger partial charge in [-0.25, -0.2) is 9.97 Å². The van der Waals surface area contributed by atoms with E-state index in [4.69, 9.17) is 28.3 Å². The number of oxazole rings is 2. The Morgan fingerprint density at radius 3 is 1.12 bits per heavy atom. The minimum atomic E-state index is 0.455. The van der Waals surface area contributed by atoms with E-state index in [1.807, 2.05) is 97.1 Å². The number of hydrogen-bond acceptors (Lipinski definition) is 10. The maximum atomic E-state index is 6.48. The van der Waals surface area contributed by atoms with Crippen LogP contribution in [0.2, 0.25) is 0 Å². The average Bonchev–Trinajstić information content (AvgIpc) is 3.95. The van der Waals surface area contributed by atoms with Gasteiger partial charge in [0.1, 0.15) is 0 Å². The van der Waals surface area contributed by atoms with Crippen LogP contribution in [0.5, 0.6) is 23.0 Å². The molecule has 282 valence electrons. The summed E-state index contributed by atoms with van der Waals surface area (Å²) in [6, 6.07) is 52.9. The van der Waals surface area contributed by atoms with Crippen LogP contribution in [0.4, 0.5) is 34.1 Å². The van der Waals surface area contributed by atoms with E-state index >= 15 is 0 Å². The Bertz CT molecular complexity index is 3170. The van der Waals surface area contributed by atoms with Crippen molar-refractivity contribution in [3.63, 3.8) is 0 Å². The number of nitrogens with zero attached hydrogens (tertiary/aromatic N) is 6. The molecule has 13 rings (SSSR count). The molecule has 7 aromatic carbocycles. The van der Waals surface area contributed by atoms with Crippen LogP contribution >= 0.6 is 0 Å². The summed E-state index contributed by atoms with van der Waals surface area (Å²) < 4.78 is 25.9. The van der Waals surface area contributed by atoms with E-state index in [0.717, 1.165) is 89.8 Å². The highest BCUT2D eigenvalue weighted by Crippen LogP contribution is 2.55. The minimum absolute atomic E-state index is 0.455. The van der Waals surface area contributed by atoms with Gasteiger partial charge in [0, 0.05) is 34.3 Å². The van der Waals surface area contributed by atoms with Gasteiger partial charge in [0.15, 0.2) is 45.5 Å². The third-order valence-corrected chi connectivity index (χ3v) is 11.2. The lowest BCUT2D eigenvalue weighted by molar-refractivity contribution is 0.477. The van der Waals surface area contributed by atoms with Gasteiger partial charge in [-0.3, -0.25) is 0 Å². The van der Waals surface area contributed by atoms with Crippen LogP contribution < -0.4 is 19.3 Å². The molecule has 0 aliphatic carbocycles. The van der Waals surface area contributed by atoms with Crippen molar-refractivity contribution in [2.45, 2.75) is 0 Å². The molecule has 10 heteroatoms. The highest BCUT2D eigenvalue weighted by Gasteiger charge is 2.31. The molecule has 2 aliphatic rings. The van der Waals surface area contributed by atoms with Crippen molar-refractivity contribution >= 4 is 78.1 Å². The standard InChI is InChI=1S/C50H28N6O4/c1-5-15-41-35(11-1)55(36-12-2-6-16-42(36)57-41)39-27-29(49-53-47-45(59-49)19-9-23-51-47)25-33-31(39)21-22-32-34(33)26-30(50-54-48-46(60-50)20-10-24-52-48)28-40(32)56-37-13-3-7-17-43(37)58-44-18-8-4-14-38(44)56/h1-28H. The Balaban J connectivity index is 1.16. The number of para-hydroxylation sites is 8. The highest BCUT2D eigenvalue weighted by atomic mass is 16.5. The molecule has 11 aromatic rings. The average molecular weight is 777 g/mol. The van der Waals surface area contributed by atoms with Crippen molar-refractivity contribution in [1.82, 2.24) is 19.9 Å². The molecule has 0 spiro atoms. The van der Waals surface area contributed by atoms with Gasteiger partial charge >= 0.3 is 0 Å². The van der Waals surface area contributed by atoms with E-state index in [-0.39, 0.29) is 0 Å². The summed E-state index contributed by atoms with van der Waals surface area (Å²) in [5.41, 5.74) is 9.31. The van der Waals surface area contributed by atoms with E-state index in [1.165, 1.54) is 0 Å². The van der Waals surface area contributed by atoms with E-state index in [2.05, 4.69) is 80.4 Å². The fourth-order valence-electron chi connectivity index (χ4n) is 8.57. The molecule has 60 heavy (non-hydrogen) atoms. The van der Waals surface area contributed by atoms with Crippen molar-refractivity contribution < 1.29 is 18.3 Å². The summed E-state index contributed by atoms with van der Waals surface area (Å²) in [6.07, 6.45) is 3.45. The van der Waals surface area contributed by atoms with Gasteiger partial charge in [0.2, 0.25) is 11.8 Å². The summed E-state index contributed by atoms with van der Waals surface area (Å²) in [7, 11) is 0. The van der Waals surface area contributed by atoms with E-state index < -0.39 is 0 Å². The molecular weight excluding hydrogens is 749 g/mol. The number of rotatable bonds is 4. The molecule has 0 saturated carbocycles. The summed E-state index contributed by atoms with van der Waals surface area (Å²) in [5.74, 6) is 3.91. The first kappa shape index (κ1) is 32.6. The Hall–Kier alpha value is -8.50. The molecule has 0 N–H and O–H groups in total. The lowest BCUT2D eigenvalue weighted by atomic mass is 9.94. The van der Waals surface area contributed by atoms with Crippen molar-refractivity contribution in [2.24, 2.45) is 0 Å². The van der Waals surface area contributed by atoms with Crippen LogP contribution in [0.25, 0.3) is 66.9 Å². The van der Waals surface area contributed by atoms with Crippen molar-refractivity contribution in [3.05, 3.63) is 170 Å². The first-order valence-electron chi connectivity index (χ1n) is 19.5. The van der Waals surface area contributed by atoms with Crippen molar-refractivity contribution in [2.75, 3.05) is 9.80 Å². The van der Waals surface area contributed by atoms with Crippen LogP contribution in [0, 0.1) is 0 Å². The quantitative estimate of drug-likeness (QED) is 0.160. The largest absolute Gasteiger partial charge is 0.453 e. The first-order valence-corrected chi connectivity index (χ1v) is 19.5. The lowest BCUT2D eigenvalue weighted by Crippen LogP contribution is -2.16. The van der Waals surface area contributed by atoms with Gasteiger partial charge in [-0.2, -0.15) is 9.97 Å². The zero-order valence-corrected chi connectivity index (χ0v) is 31.5. The summed E-state index contributed by atoms with van der Waals surface area (Å²) in [4.78, 5) is 23.3. The van der Waals surface area contributed by atoms with Crippen LogP contribution in [0.1, 0.15) is 0 Å². The lowest BCUT2D eigenvalue weighted by Gasteiger charge is -2.34. The number of hydrogen-bond donors (Lipinski definition) is 0. The maximum Gasteiger partial charge on any atom is 0.228 e. The van der Waals surface area contributed by atoms with Gasteiger partial charge < -0.3 is 28.1 Å².